The van der Waals surface area contributed by atoms with Crippen LogP contribution in [0.15, 0.2) is 53.0 Å². The first kappa shape index (κ1) is 12.2. The van der Waals surface area contributed by atoms with Gasteiger partial charge in [-0.1, -0.05) is 41.9 Å². The molecule has 0 aliphatic rings. The third-order valence-corrected chi connectivity index (χ3v) is 5.35. The molecule has 3 aromatic rings. The third-order valence-electron chi connectivity index (χ3n) is 2.87. The largest absolute Gasteiger partial charge is 0.139 e. The lowest BCUT2D eigenvalue weighted by molar-refractivity contribution is 1.24. The molecule has 2 aromatic carbocycles. The van der Waals surface area contributed by atoms with Gasteiger partial charge in [0.1, 0.15) is 0 Å². The summed E-state index contributed by atoms with van der Waals surface area (Å²) in [7, 11) is 0. The second-order valence-corrected chi connectivity index (χ2v) is 6.54. The second kappa shape index (κ2) is 5.04. The molecule has 0 nitrogen and oxygen atoms in total. The smallest absolute Gasteiger partial charge is 0.0487 e. The fourth-order valence-electron chi connectivity index (χ4n) is 2.00. The molecule has 0 saturated carbocycles. The van der Waals surface area contributed by atoms with Crippen LogP contribution in [0, 0.1) is 0 Å². The summed E-state index contributed by atoms with van der Waals surface area (Å²) in [6.45, 7) is 0. The van der Waals surface area contributed by atoms with Gasteiger partial charge in [0.15, 0.2) is 0 Å². The molecule has 0 radical (unpaired) electrons. The monoisotopic (exact) mass is 336 g/mol. The zero-order chi connectivity index (χ0) is 12.5. The highest BCUT2D eigenvalue weighted by Crippen LogP contribution is 2.33. The molecule has 0 N–H and O–H groups in total. The second-order valence-electron chi connectivity index (χ2n) is 4.14. The van der Waals surface area contributed by atoms with Crippen LogP contribution in [-0.2, 0) is 6.42 Å². The predicted octanol–water partition coefficient (Wildman–Crippen LogP) is 5.91. The summed E-state index contributed by atoms with van der Waals surface area (Å²) >= 11 is 11.6. The van der Waals surface area contributed by atoms with E-state index < -0.39 is 0 Å². The zero-order valence-corrected chi connectivity index (χ0v) is 12.6. The van der Waals surface area contributed by atoms with Gasteiger partial charge < -0.3 is 0 Å². The number of rotatable bonds is 2. The normalized spacial score (nSPS) is 11.0. The minimum absolute atomic E-state index is 0.842. The Bertz CT molecular complexity index is 703. The van der Waals surface area contributed by atoms with Crippen molar-refractivity contribution >= 4 is 49.0 Å². The highest BCUT2D eigenvalue weighted by Gasteiger charge is 2.07. The van der Waals surface area contributed by atoms with Crippen LogP contribution < -0.4 is 0 Å². The lowest BCUT2D eigenvalue weighted by atomic mass is 10.1. The fraction of sp³-hybridized carbons (Fsp3) is 0.0667. The Morgan fingerprint density at radius 2 is 1.89 bits per heavy atom. The summed E-state index contributed by atoms with van der Waals surface area (Å²) in [4.78, 5) is 1.34. The van der Waals surface area contributed by atoms with Gasteiger partial charge in [0.05, 0.1) is 0 Å². The van der Waals surface area contributed by atoms with Gasteiger partial charge in [-0.25, -0.2) is 0 Å². The van der Waals surface area contributed by atoms with Gasteiger partial charge in [-0.3, -0.25) is 0 Å². The topological polar surface area (TPSA) is 0 Å². The number of hydrogen-bond acceptors (Lipinski definition) is 1. The molecule has 0 atom stereocenters. The first-order valence-corrected chi connectivity index (χ1v) is 7.63. The number of halogens is 2. The summed E-state index contributed by atoms with van der Waals surface area (Å²) in [6, 6.07) is 16.6. The van der Waals surface area contributed by atoms with Crippen molar-refractivity contribution in [3.8, 4) is 0 Å². The van der Waals surface area contributed by atoms with E-state index in [0.29, 0.717) is 0 Å². The van der Waals surface area contributed by atoms with Crippen molar-refractivity contribution in [2.24, 2.45) is 0 Å². The minimum Gasteiger partial charge on any atom is -0.139 e. The summed E-state index contributed by atoms with van der Waals surface area (Å²) in [5, 5.41) is 2.13. The molecule has 18 heavy (non-hydrogen) atoms. The highest BCUT2D eigenvalue weighted by molar-refractivity contribution is 9.10. The zero-order valence-electron chi connectivity index (χ0n) is 9.49. The average molecular weight is 338 g/mol. The Balaban J connectivity index is 2.01. The van der Waals surface area contributed by atoms with Crippen molar-refractivity contribution in [1.29, 1.82) is 0 Å². The van der Waals surface area contributed by atoms with Gasteiger partial charge >= 0.3 is 0 Å². The van der Waals surface area contributed by atoms with E-state index in [4.69, 9.17) is 11.6 Å². The van der Waals surface area contributed by atoms with Gasteiger partial charge in [-0.2, -0.15) is 0 Å². The van der Waals surface area contributed by atoms with Crippen molar-refractivity contribution in [1.82, 2.24) is 0 Å². The quantitative estimate of drug-likeness (QED) is 0.545. The Hall–Kier alpha value is -0.830. The molecule has 0 unspecified atom stereocenters. The van der Waals surface area contributed by atoms with Crippen molar-refractivity contribution in [2.45, 2.75) is 6.42 Å². The van der Waals surface area contributed by atoms with Gasteiger partial charge in [0, 0.05) is 25.5 Å². The minimum atomic E-state index is 0.842. The van der Waals surface area contributed by atoms with Crippen LogP contribution in [0.2, 0.25) is 5.02 Å². The van der Waals surface area contributed by atoms with Crippen LogP contribution in [0.1, 0.15) is 10.4 Å². The van der Waals surface area contributed by atoms with Gasteiger partial charge in [0.25, 0.3) is 0 Å². The molecule has 1 aromatic heterocycles. The van der Waals surface area contributed by atoms with Gasteiger partial charge in [-0.05, 0) is 45.1 Å². The predicted molar refractivity (Wildman–Crippen MR) is 83.8 cm³/mol. The average Bonchev–Trinajstić information content (AvgIpc) is 2.76. The Labute approximate surface area is 123 Å². The molecule has 0 spiro atoms. The molecule has 3 heteroatoms. The summed E-state index contributed by atoms with van der Waals surface area (Å²) in [5.74, 6) is 0. The SMILES string of the molecule is Clc1ccccc1Cc1cc2cccc(Br)c2s1. The summed E-state index contributed by atoms with van der Waals surface area (Å²) in [6.07, 6.45) is 0.894. The van der Waals surface area contributed by atoms with Crippen LogP contribution >= 0.6 is 38.9 Å². The first-order valence-electron chi connectivity index (χ1n) is 5.64. The van der Waals surface area contributed by atoms with Crippen LogP contribution in [0.25, 0.3) is 10.1 Å². The molecule has 3 rings (SSSR count). The molecule has 1 heterocycles. The fourth-order valence-corrected chi connectivity index (χ4v) is 3.91. The Morgan fingerprint density at radius 1 is 1.06 bits per heavy atom. The lowest BCUT2D eigenvalue weighted by Crippen LogP contribution is -1.84. The molecule has 90 valence electrons. The van der Waals surface area contributed by atoms with Crippen LogP contribution in [0.5, 0.6) is 0 Å². The molecule has 0 amide bonds. The van der Waals surface area contributed by atoms with E-state index in [0.717, 1.165) is 15.9 Å². The van der Waals surface area contributed by atoms with Gasteiger partial charge in [0.2, 0.25) is 0 Å². The molecular weight excluding hydrogens is 328 g/mol. The lowest BCUT2D eigenvalue weighted by Gasteiger charge is -2.00. The molecular formula is C15H10BrClS. The maximum atomic E-state index is 6.20. The summed E-state index contributed by atoms with van der Waals surface area (Å²) < 4.78 is 2.47. The molecule has 0 bridgehead atoms. The number of benzene rings is 2. The Kier molecular flexibility index (Phi) is 3.42. The number of hydrogen-bond donors (Lipinski definition) is 0. The maximum Gasteiger partial charge on any atom is 0.0487 e. The number of thiophene rings is 1. The first-order chi connectivity index (χ1) is 8.74. The number of fused-ring (bicyclic) bond motifs is 1. The van der Waals surface area contributed by atoms with E-state index in [1.54, 1.807) is 0 Å². The van der Waals surface area contributed by atoms with Crippen molar-refractivity contribution in [3.63, 3.8) is 0 Å². The molecule has 0 aliphatic heterocycles. The van der Waals surface area contributed by atoms with E-state index in [1.807, 2.05) is 29.5 Å². The van der Waals surface area contributed by atoms with E-state index in [1.165, 1.54) is 20.5 Å². The van der Waals surface area contributed by atoms with Crippen LogP contribution in [-0.4, -0.2) is 0 Å². The molecule has 0 aliphatic carbocycles. The van der Waals surface area contributed by atoms with Crippen LogP contribution in [0.4, 0.5) is 0 Å². The van der Waals surface area contributed by atoms with E-state index in [-0.39, 0.29) is 0 Å². The van der Waals surface area contributed by atoms with E-state index in [2.05, 4.69) is 46.3 Å². The summed E-state index contributed by atoms with van der Waals surface area (Å²) in [5.41, 5.74) is 1.18. The van der Waals surface area contributed by atoms with Crippen LogP contribution in [0.3, 0.4) is 0 Å². The molecule has 0 fully saturated rings. The van der Waals surface area contributed by atoms with Crippen molar-refractivity contribution < 1.29 is 0 Å². The van der Waals surface area contributed by atoms with E-state index in [9.17, 15) is 0 Å². The van der Waals surface area contributed by atoms with E-state index >= 15 is 0 Å². The van der Waals surface area contributed by atoms with Gasteiger partial charge in [-0.15, -0.1) is 11.3 Å². The standard InChI is InChI=1S/C15H10BrClS/c16-13-6-3-5-11-9-12(18-15(11)13)8-10-4-1-2-7-14(10)17/h1-7,9H,8H2. The van der Waals surface area contributed by atoms with Crippen molar-refractivity contribution in [3.05, 3.63) is 68.5 Å². The maximum absolute atomic E-state index is 6.20. The Morgan fingerprint density at radius 3 is 2.67 bits per heavy atom. The highest BCUT2D eigenvalue weighted by atomic mass is 79.9. The third kappa shape index (κ3) is 2.33. The van der Waals surface area contributed by atoms with Crippen molar-refractivity contribution in [2.75, 3.05) is 0 Å². The molecule has 0 saturated heterocycles.